The Morgan fingerprint density at radius 2 is 2.10 bits per heavy atom. The van der Waals surface area contributed by atoms with Crippen molar-refractivity contribution in [2.45, 2.75) is 12.5 Å². The lowest BCUT2D eigenvalue weighted by Gasteiger charge is -2.15. The van der Waals surface area contributed by atoms with Crippen LogP contribution in [0, 0.1) is 0 Å². The quantitative estimate of drug-likeness (QED) is 0.573. The molecule has 0 aliphatic heterocycles. The van der Waals surface area contributed by atoms with E-state index in [1.807, 2.05) is 37.4 Å². The van der Waals surface area contributed by atoms with E-state index in [4.69, 9.17) is 17.4 Å². The van der Waals surface area contributed by atoms with E-state index in [0.717, 1.165) is 22.6 Å². The van der Waals surface area contributed by atoms with Gasteiger partial charge in [0.05, 0.1) is 27.8 Å². The maximum absolute atomic E-state index is 5.87. The van der Waals surface area contributed by atoms with Crippen molar-refractivity contribution >= 4 is 22.6 Å². The van der Waals surface area contributed by atoms with Crippen LogP contribution in [0.2, 0.25) is 5.02 Å². The molecule has 0 bridgehead atoms. The van der Waals surface area contributed by atoms with Gasteiger partial charge < -0.3 is 4.57 Å². The zero-order chi connectivity index (χ0) is 14.8. The first-order valence-corrected chi connectivity index (χ1v) is 7.04. The second kappa shape index (κ2) is 5.81. The number of fused-ring (bicyclic) bond motifs is 1. The van der Waals surface area contributed by atoms with Crippen molar-refractivity contribution in [3.63, 3.8) is 0 Å². The molecule has 0 radical (unpaired) electrons. The number of rotatable bonds is 4. The Bertz CT molecular complexity index is 750. The summed E-state index contributed by atoms with van der Waals surface area (Å²) in [6, 6.07) is 11.6. The summed E-state index contributed by atoms with van der Waals surface area (Å²) in [7, 11) is 2.01. The van der Waals surface area contributed by atoms with E-state index in [9.17, 15) is 0 Å². The summed E-state index contributed by atoms with van der Waals surface area (Å²) in [5.74, 6) is 6.63. The zero-order valence-electron chi connectivity index (χ0n) is 11.6. The van der Waals surface area contributed by atoms with Crippen molar-refractivity contribution in [1.29, 1.82) is 0 Å². The Balaban J connectivity index is 1.92. The third-order valence-electron chi connectivity index (χ3n) is 3.57. The summed E-state index contributed by atoms with van der Waals surface area (Å²) in [6.07, 6.45) is 2.27. The van der Waals surface area contributed by atoms with Crippen molar-refractivity contribution in [3.8, 4) is 0 Å². The number of halogens is 1. The monoisotopic (exact) mass is 301 g/mol. The molecule has 5 nitrogen and oxygen atoms in total. The number of nitrogens with zero attached hydrogens (tertiary/aromatic N) is 3. The number of aryl methyl sites for hydroxylation is 1. The van der Waals surface area contributed by atoms with Gasteiger partial charge in [0, 0.05) is 19.7 Å². The summed E-state index contributed by atoms with van der Waals surface area (Å²) in [4.78, 5) is 8.97. The van der Waals surface area contributed by atoms with Crippen LogP contribution in [0.4, 0.5) is 0 Å². The average molecular weight is 302 g/mol. The molecule has 0 amide bonds. The van der Waals surface area contributed by atoms with Crippen molar-refractivity contribution in [2.24, 2.45) is 12.9 Å². The number of hydrogen-bond acceptors (Lipinski definition) is 4. The van der Waals surface area contributed by atoms with Gasteiger partial charge in [0.15, 0.2) is 0 Å². The molecular formula is C15H16ClN5. The lowest BCUT2D eigenvalue weighted by Crippen LogP contribution is -2.30. The number of aromatic nitrogens is 3. The minimum Gasteiger partial charge on any atom is -0.331 e. The van der Waals surface area contributed by atoms with Gasteiger partial charge in [-0.15, -0.1) is 0 Å². The zero-order valence-corrected chi connectivity index (χ0v) is 12.4. The third kappa shape index (κ3) is 2.76. The Morgan fingerprint density at radius 1 is 1.29 bits per heavy atom. The standard InChI is InChI=1S/C15H16ClN5/c1-21-14-5-3-2-4-12(14)19-15(21)8-13(20-17)11-7-6-10(16)9-18-11/h2-7,9,13,20H,8,17H2,1H3. The van der Waals surface area contributed by atoms with Crippen LogP contribution >= 0.6 is 11.6 Å². The van der Waals surface area contributed by atoms with Crippen molar-refractivity contribution in [3.05, 3.63) is 59.1 Å². The van der Waals surface area contributed by atoms with Gasteiger partial charge in [-0.05, 0) is 24.3 Å². The molecule has 3 N–H and O–H groups in total. The molecule has 6 heteroatoms. The summed E-state index contributed by atoms with van der Waals surface area (Å²) in [5, 5.41) is 0.609. The molecule has 0 fully saturated rings. The fourth-order valence-corrected chi connectivity index (χ4v) is 2.51. The summed E-state index contributed by atoms with van der Waals surface area (Å²) in [6.45, 7) is 0. The highest BCUT2D eigenvalue weighted by Gasteiger charge is 2.16. The highest BCUT2D eigenvalue weighted by Crippen LogP contribution is 2.20. The molecule has 1 atom stereocenters. The fourth-order valence-electron chi connectivity index (χ4n) is 2.40. The first kappa shape index (κ1) is 14.0. The number of pyridine rings is 1. The highest BCUT2D eigenvalue weighted by atomic mass is 35.5. The maximum atomic E-state index is 5.87. The van der Waals surface area contributed by atoms with Gasteiger partial charge in [0.25, 0.3) is 0 Å². The van der Waals surface area contributed by atoms with Crippen LogP contribution in [0.3, 0.4) is 0 Å². The molecular weight excluding hydrogens is 286 g/mol. The van der Waals surface area contributed by atoms with Crippen LogP contribution in [0.25, 0.3) is 11.0 Å². The normalized spacial score (nSPS) is 12.7. The van der Waals surface area contributed by atoms with Crippen LogP contribution in [-0.4, -0.2) is 14.5 Å². The third-order valence-corrected chi connectivity index (χ3v) is 3.80. The van der Waals surface area contributed by atoms with E-state index in [-0.39, 0.29) is 6.04 Å². The van der Waals surface area contributed by atoms with E-state index in [2.05, 4.69) is 26.0 Å². The summed E-state index contributed by atoms with van der Waals surface area (Å²) < 4.78 is 2.08. The van der Waals surface area contributed by atoms with Crippen LogP contribution in [0.1, 0.15) is 17.6 Å². The number of benzene rings is 1. The van der Waals surface area contributed by atoms with Gasteiger partial charge >= 0.3 is 0 Å². The molecule has 0 saturated heterocycles. The van der Waals surface area contributed by atoms with Crippen molar-refractivity contribution < 1.29 is 0 Å². The molecule has 0 aliphatic carbocycles. The lowest BCUT2D eigenvalue weighted by molar-refractivity contribution is 0.520. The first-order chi connectivity index (χ1) is 10.2. The maximum Gasteiger partial charge on any atom is 0.111 e. The first-order valence-electron chi connectivity index (χ1n) is 6.67. The summed E-state index contributed by atoms with van der Waals surface area (Å²) in [5.41, 5.74) is 5.73. The topological polar surface area (TPSA) is 68.8 Å². The van der Waals surface area contributed by atoms with Gasteiger partial charge in [-0.1, -0.05) is 23.7 Å². The number of nitrogens with two attached hydrogens (primary N) is 1. The molecule has 0 spiro atoms. The minimum absolute atomic E-state index is 0.113. The van der Waals surface area contributed by atoms with Crippen molar-refractivity contribution in [2.75, 3.05) is 0 Å². The number of nitrogens with one attached hydrogen (secondary N) is 1. The predicted molar refractivity (Wildman–Crippen MR) is 83.7 cm³/mol. The van der Waals surface area contributed by atoms with E-state index in [0.29, 0.717) is 11.4 Å². The molecule has 3 aromatic rings. The van der Waals surface area contributed by atoms with Gasteiger partial charge in [-0.2, -0.15) is 0 Å². The Labute approximate surface area is 127 Å². The molecule has 2 heterocycles. The van der Waals surface area contributed by atoms with Crippen molar-refractivity contribution in [1.82, 2.24) is 20.0 Å². The Kier molecular flexibility index (Phi) is 3.88. The Hall–Kier alpha value is -1.95. The van der Waals surface area contributed by atoms with Crippen LogP contribution in [0.15, 0.2) is 42.6 Å². The van der Waals surface area contributed by atoms with Gasteiger partial charge in [0.1, 0.15) is 5.82 Å². The predicted octanol–water partition coefficient (Wildman–Crippen LogP) is 2.37. The Morgan fingerprint density at radius 3 is 2.76 bits per heavy atom. The lowest BCUT2D eigenvalue weighted by atomic mass is 10.1. The molecule has 1 aromatic carbocycles. The largest absolute Gasteiger partial charge is 0.331 e. The minimum atomic E-state index is -0.113. The number of hydrogen-bond donors (Lipinski definition) is 2. The smallest absolute Gasteiger partial charge is 0.111 e. The van der Waals surface area contributed by atoms with Gasteiger partial charge in [-0.3, -0.25) is 16.3 Å². The van der Waals surface area contributed by atoms with Crippen LogP contribution < -0.4 is 11.3 Å². The molecule has 1 unspecified atom stereocenters. The number of para-hydroxylation sites is 2. The average Bonchev–Trinajstić information content (AvgIpc) is 2.83. The molecule has 3 rings (SSSR count). The molecule has 2 aromatic heterocycles. The second-order valence-electron chi connectivity index (χ2n) is 4.90. The molecule has 108 valence electrons. The SMILES string of the molecule is Cn1c(CC(NN)c2ccc(Cl)cn2)nc2ccccc21. The fraction of sp³-hybridized carbons (Fsp3) is 0.200. The summed E-state index contributed by atoms with van der Waals surface area (Å²) >= 11 is 5.87. The molecule has 0 saturated carbocycles. The van der Waals surface area contributed by atoms with E-state index in [1.165, 1.54) is 0 Å². The van der Waals surface area contributed by atoms with Gasteiger partial charge in [0.2, 0.25) is 0 Å². The highest BCUT2D eigenvalue weighted by molar-refractivity contribution is 6.30. The number of hydrazine groups is 1. The molecule has 21 heavy (non-hydrogen) atoms. The van der Waals surface area contributed by atoms with E-state index < -0.39 is 0 Å². The van der Waals surface area contributed by atoms with E-state index in [1.54, 1.807) is 6.20 Å². The second-order valence-corrected chi connectivity index (χ2v) is 5.34. The van der Waals surface area contributed by atoms with Crippen LogP contribution in [0.5, 0.6) is 0 Å². The van der Waals surface area contributed by atoms with Gasteiger partial charge in [-0.25, -0.2) is 4.98 Å². The number of imidazole rings is 1. The van der Waals surface area contributed by atoms with E-state index >= 15 is 0 Å². The van der Waals surface area contributed by atoms with Crippen LogP contribution in [-0.2, 0) is 13.5 Å². The molecule has 0 aliphatic rings.